The number of guanidine groups is 1. The van der Waals surface area contributed by atoms with Crippen LogP contribution in [0.3, 0.4) is 0 Å². The number of rotatable bonds is 7. The van der Waals surface area contributed by atoms with Gasteiger partial charge in [-0.25, -0.2) is 9.98 Å². The molecule has 0 aliphatic rings. The van der Waals surface area contributed by atoms with E-state index in [0.29, 0.717) is 13.1 Å². The van der Waals surface area contributed by atoms with Crippen LogP contribution >= 0.6 is 0 Å². The first-order valence-electron chi connectivity index (χ1n) is 8.16. The van der Waals surface area contributed by atoms with E-state index in [1.807, 2.05) is 7.05 Å². The molecule has 0 atom stereocenters. The molecule has 0 spiro atoms. The number of benzene rings is 1. The van der Waals surface area contributed by atoms with Gasteiger partial charge in [0.2, 0.25) is 0 Å². The number of aromatic nitrogens is 3. The van der Waals surface area contributed by atoms with E-state index in [2.05, 4.69) is 75.9 Å². The van der Waals surface area contributed by atoms with Crippen LogP contribution in [0.25, 0.3) is 0 Å². The minimum atomic E-state index is 0.587. The zero-order valence-corrected chi connectivity index (χ0v) is 15.0. The minimum absolute atomic E-state index is 0.587. The van der Waals surface area contributed by atoms with Gasteiger partial charge in [0.05, 0.1) is 13.1 Å². The standard InChI is InChI=1S/C17H27N7/c1-5-18-17(20-11-16-21-13-22-24(16)4)19-10-14-6-8-15(9-7-14)12-23(2)3/h6-9,13H,5,10-12H2,1-4H3,(H2,18,19,20). The molecule has 1 aromatic carbocycles. The van der Waals surface area contributed by atoms with Crippen molar-refractivity contribution in [3.63, 3.8) is 0 Å². The van der Waals surface area contributed by atoms with Crippen molar-refractivity contribution < 1.29 is 0 Å². The third-order valence-electron chi connectivity index (χ3n) is 3.50. The summed E-state index contributed by atoms with van der Waals surface area (Å²) in [6.45, 7) is 5.04. The zero-order valence-electron chi connectivity index (χ0n) is 15.0. The fraction of sp³-hybridized carbons (Fsp3) is 0.471. The fourth-order valence-corrected chi connectivity index (χ4v) is 2.27. The molecular weight excluding hydrogens is 302 g/mol. The first-order valence-corrected chi connectivity index (χ1v) is 8.16. The molecule has 1 heterocycles. The third kappa shape index (κ3) is 5.66. The smallest absolute Gasteiger partial charge is 0.191 e. The van der Waals surface area contributed by atoms with Gasteiger partial charge in [-0.3, -0.25) is 4.68 Å². The van der Waals surface area contributed by atoms with E-state index >= 15 is 0 Å². The van der Waals surface area contributed by atoms with Gasteiger partial charge in [-0.2, -0.15) is 5.10 Å². The van der Waals surface area contributed by atoms with Crippen molar-refractivity contribution >= 4 is 5.96 Å². The van der Waals surface area contributed by atoms with Crippen LogP contribution in [0, 0.1) is 0 Å². The minimum Gasteiger partial charge on any atom is -0.357 e. The van der Waals surface area contributed by atoms with Gasteiger partial charge < -0.3 is 15.5 Å². The van der Waals surface area contributed by atoms with Gasteiger partial charge in [-0.15, -0.1) is 0 Å². The van der Waals surface area contributed by atoms with Crippen LogP contribution < -0.4 is 10.6 Å². The molecule has 0 saturated heterocycles. The summed E-state index contributed by atoms with van der Waals surface area (Å²) in [4.78, 5) is 11.0. The highest BCUT2D eigenvalue weighted by atomic mass is 15.3. The molecular formula is C17H27N7. The summed E-state index contributed by atoms with van der Waals surface area (Å²) in [6, 6.07) is 8.58. The van der Waals surface area contributed by atoms with E-state index in [1.54, 1.807) is 11.0 Å². The molecule has 2 N–H and O–H groups in total. The lowest BCUT2D eigenvalue weighted by atomic mass is 10.1. The van der Waals surface area contributed by atoms with Crippen LogP contribution in [0.2, 0.25) is 0 Å². The summed E-state index contributed by atoms with van der Waals surface area (Å²) in [5.41, 5.74) is 2.49. The van der Waals surface area contributed by atoms with Crippen molar-refractivity contribution in [1.82, 2.24) is 30.3 Å². The maximum Gasteiger partial charge on any atom is 0.191 e. The van der Waals surface area contributed by atoms with Crippen molar-refractivity contribution in [2.75, 3.05) is 20.6 Å². The zero-order chi connectivity index (χ0) is 17.4. The lowest BCUT2D eigenvalue weighted by Crippen LogP contribution is -2.37. The lowest BCUT2D eigenvalue weighted by Gasteiger charge is -2.11. The molecule has 0 bridgehead atoms. The Morgan fingerprint density at radius 2 is 1.88 bits per heavy atom. The van der Waals surface area contributed by atoms with Crippen molar-refractivity contribution in [3.05, 3.63) is 47.5 Å². The van der Waals surface area contributed by atoms with Gasteiger partial charge in [0.1, 0.15) is 12.2 Å². The van der Waals surface area contributed by atoms with E-state index in [1.165, 1.54) is 11.1 Å². The van der Waals surface area contributed by atoms with Gasteiger partial charge >= 0.3 is 0 Å². The van der Waals surface area contributed by atoms with E-state index in [0.717, 1.165) is 24.9 Å². The summed E-state index contributed by atoms with van der Waals surface area (Å²) in [6.07, 6.45) is 1.55. The van der Waals surface area contributed by atoms with Gasteiger partial charge in [-0.05, 0) is 32.1 Å². The summed E-state index contributed by atoms with van der Waals surface area (Å²) in [7, 11) is 6.02. The highest BCUT2D eigenvalue weighted by Crippen LogP contribution is 2.07. The molecule has 0 unspecified atom stereocenters. The summed E-state index contributed by atoms with van der Waals surface area (Å²) < 4.78 is 1.75. The SMILES string of the molecule is CCNC(=NCc1ccc(CN(C)C)cc1)NCc1ncnn1C. The second-order valence-electron chi connectivity index (χ2n) is 5.90. The van der Waals surface area contributed by atoms with Crippen LogP contribution in [0.1, 0.15) is 23.9 Å². The number of aryl methyl sites for hydroxylation is 1. The van der Waals surface area contributed by atoms with Crippen molar-refractivity contribution in [2.24, 2.45) is 12.0 Å². The second kappa shape index (κ2) is 9.02. The monoisotopic (exact) mass is 329 g/mol. The van der Waals surface area contributed by atoms with Crippen LogP contribution in [0.4, 0.5) is 0 Å². The number of nitrogens with zero attached hydrogens (tertiary/aromatic N) is 5. The van der Waals surface area contributed by atoms with Gasteiger partial charge in [0.25, 0.3) is 0 Å². The van der Waals surface area contributed by atoms with Crippen LogP contribution in [-0.2, 0) is 26.7 Å². The number of nitrogens with one attached hydrogen (secondary N) is 2. The Hall–Kier alpha value is -2.41. The molecule has 130 valence electrons. The Balaban J connectivity index is 1.93. The molecule has 0 radical (unpaired) electrons. The van der Waals surface area contributed by atoms with Crippen LogP contribution in [0.15, 0.2) is 35.6 Å². The molecule has 24 heavy (non-hydrogen) atoms. The number of hydrogen-bond acceptors (Lipinski definition) is 4. The summed E-state index contributed by atoms with van der Waals surface area (Å²) in [5.74, 6) is 1.64. The topological polar surface area (TPSA) is 70.4 Å². The molecule has 2 rings (SSSR count). The Kier molecular flexibility index (Phi) is 6.74. The lowest BCUT2D eigenvalue weighted by molar-refractivity contribution is 0.402. The quantitative estimate of drug-likeness (QED) is 0.589. The first-order chi connectivity index (χ1) is 11.6. The van der Waals surface area contributed by atoms with E-state index in [4.69, 9.17) is 0 Å². The fourth-order valence-electron chi connectivity index (χ4n) is 2.27. The molecule has 0 fully saturated rings. The Labute approximate surface area is 143 Å². The molecule has 2 aromatic rings. The van der Waals surface area contributed by atoms with Crippen molar-refractivity contribution in [3.8, 4) is 0 Å². The molecule has 0 aliphatic heterocycles. The number of aliphatic imine (C=N–C) groups is 1. The molecule has 7 heteroatoms. The van der Waals surface area contributed by atoms with Crippen LogP contribution in [-0.4, -0.2) is 46.3 Å². The molecule has 0 aliphatic carbocycles. The van der Waals surface area contributed by atoms with Gasteiger partial charge in [0, 0.05) is 20.1 Å². The van der Waals surface area contributed by atoms with E-state index < -0.39 is 0 Å². The third-order valence-corrected chi connectivity index (χ3v) is 3.50. The highest BCUT2D eigenvalue weighted by Gasteiger charge is 2.03. The maximum absolute atomic E-state index is 4.63. The number of hydrogen-bond donors (Lipinski definition) is 2. The van der Waals surface area contributed by atoms with Gasteiger partial charge in [0.15, 0.2) is 5.96 Å². The van der Waals surface area contributed by atoms with Crippen molar-refractivity contribution in [2.45, 2.75) is 26.6 Å². The molecule has 1 aromatic heterocycles. The summed E-state index contributed by atoms with van der Waals surface area (Å²) in [5, 5.41) is 10.6. The normalized spacial score (nSPS) is 11.8. The molecule has 7 nitrogen and oxygen atoms in total. The molecule has 0 amide bonds. The maximum atomic E-state index is 4.63. The highest BCUT2D eigenvalue weighted by molar-refractivity contribution is 5.79. The summed E-state index contributed by atoms with van der Waals surface area (Å²) >= 11 is 0. The van der Waals surface area contributed by atoms with Gasteiger partial charge in [-0.1, -0.05) is 24.3 Å². The Morgan fingerprint density at radius 1 is 1.17 bits per heavy atom. The van der Waals surface area contributed by atoms with Crippen molar-refractivity contribution in [1.29, 1.82) is 0 Å². The predicted molar refractivity (Wildman–Crippen MR) is 96.5 cm³/mol. The second-order valence-corrected chi connectivity index (χ2v) is 5.90. The first kappa shape index (κ1) is 17.9. The van der Waals surface area contributed by atoms with Crippen LogP contribution in [0.5, 0.6) is 0 Å². The average Bonchev–Trinajstić information content (AvgIpc) is 2.96. The van der Waals surface area contributed by atoms with E-state index in [-0.39, 0.29) is 0 Å². The largest absolute Gasteiger partial charge is 0.357 e. The Bertz CT molecular complexity index is 643. The van der Waals surface area contributed by atoms with E-state index in [9.17, 15) is 0 Å². The Morgan fingerprint density at radius 3 is 2.46 bits per heavy atom. The predicted octanol–water partition coefficient (Wildman–Crippen LogP) is 1.13. The average molecular weight is 329 g/mol. The molecule has 0 saturated carbocycles.